The number of thiophene rings is 1. The van der Waals surface area contributed by atoms with E-state index in [-0.39, 0.29) is 0 Å². The number of hydrogen-bond acceptors (Lipinski definition) is 3. The van der Waals surface area contributed by atoms with Crippen LogP contribution in [0.3, 0.4) is 0 Å². The molecule has 0 amide bonds. The summed E-state index contributed by atoms with van der Waals surface area (Å²) >= 11 is 7.79. The molecule has 0 unspecified atom stereocenters. The van der Waals surface area contributed by atoms with Crippen molar-refractivity contribution < 1.29 is 4.74 Å². The van der Waals surface area contributed by atoms with Crippen molar-refractivity contribution in [3.8, 4) is 5.75 Å². The summed E-state index contributed by atoms with van der Waals surface area (Å²) in [5.74, 6) is 0.820. The lowest BCUT2D eigenvalue weighted by Gasteiger charge is -1.98. The van der Waals surface area contributed by atoms with E-state index >= 15 is 0 Å². The second kappa shape index (κ2) is 3.77. The van der Waals surface area contributed by atoms with Gasteiger partial charge in [0.05, 0.1) is 12.1 Å². The molecule has 0 bridgehead atoms. The van der Waals surface area contributed by atoms with Gasteiger partial charge in [-0.25, -0.2) is 0 Å². The molecular weight excluding hydrogens is 218 g/mol. The quantitative estimate of drug-likeness (QED) is 0.856. The third kappa shape index (κ3) is 1.47. The van der Waals surface area contributed by atoms with Gasteiger partial charge < -0.3 is 10.5 Å². The van der Waals surface area contributed by atoms with E-state index in [4.69, 9.17) is 22.1 Å². The first kappa shape index (κ1) is 9.77. The van der Waals surface area contributed by atoms with Crippen LogP contribution in [-0.2, 0) is 6.54 Å². The Hall–Kier alpha value is -0.770. The molecule has 4 heteroatoms. The van der Waals surface area contributed by atoms with Gasteiger partial charge in [-0.1, -0.05) is 11.6 Å². The fourth-order valence-electron chi connectivity index (χ4n) is 1.36. The van der Waals surface area contributed by atoms with Crippen LogP contribution >= 0.6 is 22.9 Å². The number of benzene rings is 1. The zero-order valence-electron chi connectivity index (χ0n) is 7.71. The summed E-state index contributed by atoms with van der Waals surface area (Å²) in [7, 11) is 1.64. The number of hydrogen-bond donors (Lipinski definition) is 1. The molecule has 0 spiro atoms. The van der Waals surface area contributed by atoms with Crippen LogP contribution < -0.4 is 10.5 Å². The predicted octanol–water partition coefficient (Wildman–Crippen LogP) is 3.02. The third-order valence-electron chi connectivity index (χ3n) is 2.09. The van der Waals surface area contributed by atoms with Crippen molar-refractivity contribution in [3.05, 3.63) is 28.1 Å². The van der Waals surface area contributed by atoms with Crippen LogP contribution in [0.5, 0.6) is 5.75 Å². The lowest BCUT2D eigenvalue weighted by molar-refractivity contribution is 0.415. The summed E-state index contributed by atoms with van der Waals surface area (Å²) in [5.41, 5.74) is 5.58. The van der Waals surface area contributed by atoms with Gasteiger partial charge in [-0.05, 0) is 18.2 Å². The molecule has 0 aliphatic rings. The molecule has 0 saturated carbocycles. The monoisotopic (exact) mass is 227 g/mol. The highest BCUT2D eigenvalue weighted by atomic mass is 35.5. The highest BCUT2D eigenvalue weighted by Gasteiger charge is 2.09. The van der Waals surface area contributed by atoms with E-state index in [1.54, 1.807) is 18.4 Å². The second-order valence-corrected chi connectivity index (χ2v) is 4.42. The largest absolute Gasteiger partial charge is 0.497 e. The van der Waals surface area contributed by atoms with Gasteiger partial charge in [-0.15, -0.1) is 11.3 Å². The first-order valence-electron chi connectivity index (χ1n) is 4.21. The van der Waals surface area contributed by atoms with E-state index in [0.29, 0.717) is 6.54 Å². The smallest absolute Gasteiger partial charge is 0.119 e. The van der Waals surface area contributed by atoms with Crippen molar-refractivity contribution in [1.29, 1.82) is 0 Å². The Morgan fingerprint density at radius 3 is 2.93 bits per heavy atom. The summed E-state index contributed by atoms with van der Waals surface area (Å²) in [6.45, 7) is 0.487. The van der Waals surface area contributed by atoms with Crippen molar-refractivity contribution in [2.45, 2.75) is 6.54 Å². The van der Waals surface area contributed by atoms with Crippen molar-refractivity contribution in [3.63, 3.8) is 0 Å². The molecule has 2 aromatic rings. The second-order valence-electron chi connectivity index (χ2n) is 2.91. The van der Waals surface area contributed by atoms with Gasteiger partial charge >= 0.3 is 0 Å². The molecule has 14 heavy (non-hydrogen) atoms. The van der Waals surface area contributed by atoms with Crippen LogP contribution in [0.15, 0.2) is 18.2 Å². The van der Waals surface area contributed by atoms with E-state index < -0.39 is 0 Å². The van der Waals surface area contributed by atoms with Gasteiger partial charge in [0.15, 0.2) is 0 Å². The number of ether oxygens (including phenoxy) is 1. The Labute approximate surface area is 91.2 Å². The average Bonchev–Trinajstić information content (AvgIpc) is 2.55. The zero-order chi connectivity index (χ0) is 10.1. The summed E-state index contributed by atoms with van der Waals surface area (Å²) in [5, 5.41) is 1.78. The minimum atomic E-state index is 0.487. The summed E-state index contributed by atoms with van der Waals surface area (Å²) in [6, 6.07) is 5.87. The molecule has 0 aliphatic heterocycles. The van der Waals surface area contributed by atoms with E-state index in [9.17, 15) is 0 Å². The lowest BCUT2D eigenvalue weighted by atomic mass is 10.2. The van der Waals surface area contributed by atoms with E-state index in [0.717, 1.165) is 25.7 Å². The van der Waals surface area contributed by atoms with Crippen LogP contribution in [0.4, 0.5) is 0 Å². The normalized spacial score (nSPS) is 10.8. The number of nitrogens with two attached hydrogens (primary N) is 1. The average molecular weight is 228 g/mol. The maximum absolute atomic E-state index is 6.16. The Bertz CT molecular complexity index is 466. The van der Waals surface area contributed by atoms with Gasteiger partial charge in [0.1, 0.15) is 5.75 Å². The SMILES string of the molecule is COc1ccc2sc(CN)c(Cl)c2c1. The number of methoxy groups -OCH3 is 1. The first-order valence-corrected chi connectivity index (χ1v) is 5.40. The summed E-state index contributed by atoms with van der Waals surface area (Å²) in [6.07, 6.45) is 0. The fraction of sp³-hybridized carbons (Fsp3) is 0.200. The molecule has 1 aromatic carbocycles. The van der Waals surface area contributed by atoms with Gasteiger partial charge in [0.2, 0.25) is 0 Å². The molecule has 74 valence electrons. The molecule has 0 aliphatic carbocycles. The van der Waals surface area contributed by atoms with E-state index in [2.05, 4.69) is 0 Å². The Morgan fingerprint density at radius 1 is 1.50 bits per heavy atom. The van der Waals surface area contributed by atoms with Crippen LogP contribution in [0.25, 0.3) is 10.1 Å². The molecule has 2 nitrogen and oxygen atoms in total. The third-order valence-corrected chi connectivity index (χ3v) is 3.82. The van der Waals surface area contributed by atoms with Gasteiger partial charge in [-0.3, -0.25) is 0 Å². The molecular formula is C10H10ClNOS. The Balaban J connectivity index is 2.68. The van der Waals surface area contributed by atoms with E-state index in [1.807, 2.05) is 18.2 Å². The molecule has 0 atom stereocenters. The zero-order valence-corrected chi connectivity index (χ0v) is 9.28. The summed E-state index contributed by atoms with van der Waals surface area (Å²) in [4.78, 5) is 1.02. The maximum Gasteiger partial charge on any atom is 0.119 e. The van der Waals surface area contributed by atoms with Crippen LogP contribution in [0.1, 0.15) is 4.88 Å². The predicted molar refractivity (Wildman–Crippen MR) is 61.3 cm³/mol. The number of halogens is 1. The molecule has 0 saturated heterocycles. The van der Waals surface area contributed by atoms with Gasteiger partial charge in [0, 0.05) is 21.5 Å². The van der Waals surface area contributed by atoms with Gasteiger partial charge in [0.25, 0.3) is 0 Å². The lowest BCUT2D eigenvalue weighted by Crippen LogP contribution is -1.92. The standard InChI is InChI=1S/C10H10ClNOS/c1-13-6-2-3-8-7(4-6)10(11)9(5-12)14-8/h2-4H,5,12H2,1H3. The fourth-order valence-corrected chi connectivity index (χ4v) is 2.72. The van der Waals surface area contributed by atoms with Crippen molar-refractivity contribution in [1.82, 2.24) is 0 Å². The molecule has 0 fully saturated rings. The first-order chi connectivity index (χ1) is 6.76. The molecule has 0 radical (unpaired) electrons. The Morgan fingerprint density at radius 2 is 2.29 bits per heavy atom. The Kier molecular flexibility index (Phi) is 2.63. The van der Waals surface area contributed by atoms with Crippen LogP contribution in [0.2, 0.25) is 5.02 Å². The minimum Gasteiger partial charge on any atom is -0.497 e. The molecule has 1 heterocycles. The maximum atomic E-state index is 6.16. The van der Waals surface area contributed by atoms with Gasteiger partial charge in [-0.2, -0.15) is 0 Å². The molecule has 2 rings (SSSR count). The van der Waals surface area contributed by atoms with Crippen molar-refractivity contribution in [2.75, 3.05) is 7.11 Å². The molecule has 2 N–H and O–H groups in total. The minimum absolute atomic E-state index is 0.487. The number of rotatable bonds is 2. The van der Waals surface area contributed by atoms with Crippen molar-refractivity contribution >= 4 is 33.0 Å². The molecule has 1 aromatic heterocycles. The topological polar surface area (TPSA) is 35.2 Å². The van der Waals surface area contributed by atoms with Crippen LogP contribution in [0, 0.1) is 0 Å². The van der Waals surface area contributed by atoms with Crippen LogP contribution in [-0.4, -0.2) is 7.11 Å². The van der Waals surface area contributed by atoms with E-state index in [1.165, 1.54) is 0 Å². The number of fused-ring (bicyclic) bond motifs is 1. The highest BCUT2D eigenvalue weighted by Crippen LogP contribution is 2.36. The highest BCUT2D eigenvalue weighted by molar-refractivity contribution is 7.19. The van der Waals surface area contributed by atoms with Crippen molar-refractivity contribution in [2.24, 2.45) is 5.73 Å². The summed E-state index contributed by atoms with van der Waals surface area (Å²) < 4.78 is 6.28.